The van der Waals surface area contributed by atoms with Crippen molar-refractivity contribution in [3.8, 4) is 16.2 Å². The second-order valence-electron chi connectivity index (χ2n) is 7.44. The number of hydrogen-bond donors (Lipinski definition) is 1. The molecule has 1 aliphatic carbocycles. The number of methoxy groups -OCH3 is 1. The highest BCUT2D eigenvalue weighted by atomic mass is 32.1. The minimum Gasteiger partial charge on any atom is -0.479 e. The Labute approximate surface area is 187 Å². The summed E-state index contributed by atoms with van der Waals surface area (Å²) in [6.45, 7) is 6.95. The second kappa shape index (κ2) is 9.11. The summed E-state index contributed by atoms with van der Waals surface area (Å²) in [5, 5.41) is 3.98. The first-order chi connectivity index (χ1) is 14.6. The highest BCUT2D eigenvalue weighted by Crippen LogP contribution is 2.49. The average Bonchev–Trinajstić information content (AvgIpc) is 3.20. The molecule has 31 heavy (non-hydrogen) atoms. The van der Waals surface area contributed by atoms with E-state index in [0.717, 1.165) is 15.1 Å². The molecular weight excluding hydrogens is 442 g/mol. The maximum absolute atomic E-state index is 12.3. The van der Waals surface area contributed by atoms with E-state index in [2.05, 4.69) is 5.32 Å². The van der Waals surface area contributed by atoms with Gasteiger partial charge in [-0.3, -0.25) is 5.32 Å². The fraction of sp³-hybridized carbons (Fsp3) is 0.381. The van der Waals surface area contributed by atoms with Crippen molar-refractivity contribution < 1.29 is 33.3 Å². The first-order valence-corrected chi connectivity index (χ1v) is 11.1. The number of esters is 2. The highest BCUT2D eigenvalue weighted by Gasteiger charge is 2.27. The van der Waals surface area contributed by atoms with Gasteiger partial charge >= 0.3 is 18.0 Å². The topological polar surface area (TPSA) is 100 Å². The highest BCUT2D eigenvalue weighted by molar-refractivity contribution is 7.24. The van der Waals surface area contributed by atoms with E-state index in [-0.39, 0.29) is 23.8 Å². The minimum atomic E-state index is -0.622. The van der Waals surface area contributed by atoms with Gasteiger partial charge in [-0.05, 0) is 45.4 Å². The smallest absolute Gasteiger partial charge is 0.412 e. The van der Waals surface area contributed by atoms with Crippen molar-refractivity contribution in [3.05, 3.63) is 23.1 Å². The first kappa shape index (κ1) is 22.8. The molecule has 0 unspecified atom stereocenters. The molecule has 2 aliphatic rings. The summed E-state index contributed by atoms with van der Waals surface area (Å²) in [6, 6.07) is 5.56. The Hall–Kier alpha value is -2.85. The Balaban J connectivity index is 2.01. The number of carbonyl (C=O) groups is 3. The van der Waals surface area contributed by atoms with Crippen molar-refractivity contribution in [3.63, 3.8) is 0 Å². The van der Waals surface area contributed by atoms with Crippen molar-refractivity contribution in [2.24, 2.45) is 0 Å². The molecule has 0 spiro atoms. The quantitative estimate of drug-likeness (QED) is 0.397. The van der Waals surface area contributed by atoms with Gasteiger partial charge in [0.15, 0.2) is 17.2 Å². The minimum absolute atomic E-state index is 0.228. The summed E-state index contributed by atoms with van der Waals surface area (Å²) in [4.78, 5) is 37.3. The van der Waals surface area contributed by atoms with Crippen molar-refractivity contribution in [2.45, 2.75) is 33.3 Å². The standard InChI is InChI=1S/C21H23NO7S2/c1-6-27-14(23)10-28-16-15-12(30-18(16)19(24)26-5)9-11-7-8-13(31-17(11)15)22-20(25)29-21(2,3)4/h7-9H,6,10H2,1-5H3,(H,22,25). The van der Waals surface area contributed by atoms with Crippen LogP contribution in [-0.2, 0) is 19.0 Å². The molecule has 1 aromatic rings. The van der Waals surface area contributed by atoms with Gasteiger partial charge in [0.2, 0.25) is 0 Å². The Kier molecular flexibility index (Phi) is 6.71. The van der Waals surface area contributed by atoms with E-state index in [1.54, 1.807) is 33.8 Å². The second-order valence-corrected chi connectivity index (χ2v) is 9.54. The molecule has 8 nitrogen and oxygen atoms in total. The molecule has 0 radical (unpaired) electrons. The summed E-state index contributed by atoms with van der Waals surface area (Å²) >= 11 is 2.53. The van der Waals surface area contributed by atoms with Crippen molar-refractivity contribution in [1.82, 2.24) is 0 Å². The molecule has 10 heteroatoms. The zero-order valence-corrected chi connectivity index (χ0v) is 19.5. The Morgan fingerprint density at radius 3 is 2.52 bits per heavy atom. The normalized spacial score (nSPS) is 11.4. The lowest BCUT2D eigenvalue weighted by molar-refractivity contribution is -0.145. The number of ether oxygens (including phenoxy) is 4. The van der Waals surface area contributed by atoms with Crippen LogP contribution in [0.2, 0.25) is 0 Å². The van der Waals surface area contributed by atoms with Gasteiger partial charge in [0.25, 0.3) is 0 Å². The molecule has 1 amide bonds. The van der Waals surface area contributed by atoms with E-state index in [9.17, 15) is 14.4 Å². The zero-order chi connectivity index (χ0) is 22.8. The lowest BCUT2D eigenvalue weighted by atomic mass is 10.2. The molecule has 2 heterocycles. The number of anilines is 1. The zero-order valence-electron chi connectivity index (χ0n) is 17.8. The number of fused-ring (bicyclic) bond motifs is 3. The van der Waals surface area contributed by atoms with Crippen LogP contribution in [0.1, 0.15) is 37.4 Å². The van der Waals surface area contributed by atoms with Crippen molar-refractivity contribution in [1.29, 1.82) is 0 Å². The summed E-state index contributed by atoms with van der Waals surface area (Å²) in [6.07, 6.45) is -0.565. The fourth-order valence-electron chi connectivity index (χ4n) is 2.81. The number of rotatable bonds is 6. The number of amides is 1. The summed E-state index contributed by atoms with van der Waals surface area (Å²) in [5.74, 6) is -0.828. The van der Waals surface area contributed by atoms with Gasteiger partial charge in [-0.15, -0.1) is 22.7 Å². The van der Waals surface area contributed by atoms with Gasteiger partial charge in [-0.1, -0.05) is 6.07 Å². The molecule has 0 bridgehead atoms. The molecule has 0 saturated heterocycles. The maximum atomic E-state index is 12.3. The number of hydrogen-bond acceptors (Lipinski definition) is 9. The van der Waals surface area contributed by atoms with E-state index >= 15 is 0 Å². The molecule has 3 rings (SSSR count). The largest absolute Gasteiger partial charge is 0.479 e. The average molecular weight is 466 g/mol. The van der Waals surface area contributed by atoms with E-state index in [0.29, 0.717) is 10.4 Å². The molecule has 166 valence electrons. The summed E-state index contributed by atoms with van der Waals surface area (Å²) in [5.41, 5.74) is 0.293. The van der Waals surface area contributed by atoms with Crippen LogP contribution in [0.25, 0.3) is 20.5 Å². The molecule has 1 N–H and O–H groups in total. The van der Waals surface area contributed by atoms with E-state index in [4.69, 9.17) is 18.9 Å². The third-order valence-electron chi connectivity index (χ3n) is 3.93. The summed E-state index contributed by atoms with van der Waals surface area (Å²) < 4.78 is 21.6. The Morgan fingerprint density at radius 2 is 1.87 bits per heavy atom. The monoisotopic (exact) mass is 465 g/mol. The van der Waals surface area contributed by atoms with Gasteiger partial charge in [-0.25, -0.2) is 14.4 Å². The van der Waals surface area contributed by atoms with Crippen molar-refractivity contribution >= 4 is 55.8 Å². The van der Waals surface area contributed by atoms with Gasteiger partial charge in [0.05, 0.1) is 24.1 Å². The fourth-order valence-corrected chi connectivity index (χ4v) is 5.04. The Morgan fingerprint density at radius 1 is 1.13 bits per heavy atom. The molecular formula is C21H23NO7S2. The predicted octanol–water partition coefficient (Wildman–Crippen LogP) is 5.14. The molecule has 0 aromatic carbocycles. The molecule has 0 fully saturated rings. The van der Waals surface area contributed by atoms with E-state index in [1.807, 2.05) is 12.1 Å². The molecule has 1 aromatic heterocycles. The van der Waals surface area contributed by atoms with Crippen LogP contribution in [0.5, 0.6) is 5.75 Å². The maximum Gasteiger partial charge on any atom is 0.412 e. The van der Waals surface area contributed by atoms with Gasteiger partial charge < -0.3 is 18.9 Å². The molecule has 1 aliphatic heterocycles. The molecule has 0 saturated carbocycles. The molecule has 0 atom stereocenters. The third kappa shape index (κ3) is 5.26. The van der Waals surface area contributed by atoms with Gasteiger partial charge in [-0.2, -0.15) is 0 Å². The van der Waals surface area contributed by atoms with Crippen LogP contribution in [0.4, 0.5) is 9.80 Å². The van der Waals surface area contributed by atoms with Crippen LogP contribution in [0.3, 0.4) is 0 Å². The van der Waals surface area contributed by atoms with Crippen LogP contribution in [0.15, 0.2) is 18.2 Å². The number of thiophene rings is 1. The number of carbonyl (C=O) groups excluding carboxylic acids is 3. The van der Waals surface area contributed by atoms with E-state index in [1.165, 1.54) is 29.8 Å². The van der Waals surface area contributed by atoms with Crippen LogP contribution < -0.4 is 10.1 Å². The van der Waals surface area contributed by atoms with Crippen LogP contribution in [-0.4, -0.2) is 44.0 Å². The lowest BCUT2D eigenvalue weighted by Crippen LogP contribution is -2.27. The van der Waals surface area contributed by atoms with Crippen molar-refractivity contribution in [2.75, 3.05) is 25.6 Å². The predicted molar refractivity (Wildman–Crippen MR) is 120 cm³/mol. The van der Waals surface area contributed by atoms with Gasteiger partial charge in [0.1, 0.15) is 5.60 Å². The third-order valence-corrected chi connectivity index (χ3v) is 6.13. The first-order valence-electron chi connectivity index (χ1n) is 9.48. The summed E-state index contributed by atoms with van der Waals surface area (Å²) in [7, 11) is 1.28. The number of nitrogens with one attached hydrogen (secondary N) is 1. The Bertz CT molecular complexity index is 1090. The van der Waals surface area contributed by atoms with E-state index < -0.39 is 23.6 Å². The van der Waals surface area contributed by atoms with Crippen LogP contribution >= 0.6 is 22.7 Å². The van der Waals surface area contributed by atoms with Gasteiger partial charge in [0, 0.05) is 9.58 Å². The van der Waals surface area contributed by atoms with Crippen LogP contribution in [0, 0.1) is 0 Å². The lowest BCUT2D eigenvalue weighted by Gasteiger charge is -2.19. The SMILES string of the molecule is CCOC(=O)COc1c(C(=O)OC)sc2cc3ccc(NC(=O)OC(C)(C)C)sc-3c12.